The van der Waals surface area contributed by atoms with Crippen LogP contribution >= 0.6 is 0 Å². The molecule has 0 N–H and O–H groups in total. The lowest BCUT2D eigenvalue weighted by Crippen LogP contribution is -2.41. The van der Waals surface area contributed by atoms with Gasteiger partial charge in [0, 0.05) is 18.3 Å². The van der Waals surface area contributed by atoms with Crippen LogP contribution < -0.4 is 5.46 Å². The summed E-state index contributed by atoms with van der Waals surface area (Å²) < 4.78 is 13.1. The zero-order valence-electron chi connectivity index (χ0n) is 20.3. The largest absolute Gasteiger partial charge is 0.495 e. The summed E-state index contributed by atoms with van der Waals surface area (Å²) >= 11 is 0. The third-order valence-electron chi connectivity index (χ3n) is 8.30. The van der Waals surface area contributed by atoms with Crippen LogP contribution in [-0.2, 0) is 14.7 Å². The Hall–Kier alpha value is -2.95. The molecule has 3 nitrogen and oxygen atoms in total. The van der Waals surface area contributed by atoms with Crippen LogP contribution in [-0.4, -0.2) is 24.5 Å². The SMILES string of the molecule is CC1(C)OB(c2cccc3c2-c2ccccc2C3(c2ccccc2)C2C=CN=CC2)OC1(C)C. The summed E-state index contributed by atoms with van der Waals surface area (Å²) in [4.78, 5) is 4.40. The van der Waals surface area contributed by atoms with Gasteiger partial charge in [-0.1, -0.05) is 78.9 Å². The number of nitrogens with zero attached hydrogens (tertiary/aromatic N) is 1. The molecule has 0 bridgehead atoms. The molecule has 2 atom stereocenters. The van der Waals surface area contributed by atoms with Gasteiger partial charge in [-0.05, 0) is 67.4 Å². The van der Waals surface area contributed by atoms with E-state index >= 15 is 0 Å². The number of fused-ring (bicyclic) bond motifs is 3. The lowest BCUT2D eigenvalue weighted by atomic mass is 9.62. The van der Waals surface area contributed by atoms with Gasteiger partial charge in [0.1, 0.15) is 0 Å². The molecule has 6 rings (SSSR count). The Balaban J connectivity index is 1.65. The molecule has 0 radical (unpaired) electrons. The topological polar surface area (TPSA) is 30.8 Å². The van der Waals surface area contributed by atoms with E-state index in [4.69, 9.17) is 9.31 Å². The molecule has 34 heavy (non-hydrogen) atoms. The molecular formula is C30H30BNO2. The van der Waals surface area contributed by atoms with Gasteiger partial charge in [-0.3, -0.25) is 4.99 Å². The third-order valence-corrected chi connectivity index (χ3v) is 8.30. The van der Waals surface area contributed by atoms with E-state index in [9.17, 15) is 0 Å². The highest BCUT2D eigenvalue weighted by Gasteiger charge is 2.55. The van der Waals surface area contributed by atoms with Crippen LogP contribution in [0.2, 0.25) is 0 Å². The average molecular weight is 447 g/mol. The Morgan fingerprint density at radius 3 is 2.18 bits per heavy atom. The van der Waals surface area contributed by atoms with E-state index < -0.39 is 18.3 Å². The minimum atomic E-state index is -0.414. The fourth-order valence-corrected chi connectivity index (χ4v) is 5.97. The molecule has 3 aromatic rings. The second-order valence-electron chi connectivity index (χ2n) is 10.6. The van der Waals surface area contributed by atoms with Gasteiger partial charge in [0.15, 0.2) is 0 Å². The van der Waals surface area contributed by atoms with Crippen LogP contribution in [0.1, 0.15) is 50.8 Å². The Morgan fingerprint density at radius 2 is 1.47 bits per heavy atom. The first-order valence-electron chi connectivity index (χ1n) is 12.2. The summed E-state index contributed by atoms with van der Waals surface area (Å²) in [5, 5.41) is 0. The molecule has 1 aliphatic carbocycles. The van der Waals surface area contributed by atoms with Crippen molar-refractivity contribution >= 4 is 18.8 Å². The van der Waals surface area contributed by atoms with E-state index in [0.717, 1.165) is 11.9 Å². The standard InChI is InChI=1S/C30H30BNO2/c1-28(2)29(3,4)34-31(33-28)26-16-10-15-25-27(26)23-13-8-9-14-24(23)30(25,21-11-6-5-7-12-21)22-17-19-32-20-18-22/h5-17,19-20,22H,18H2,1-4H3. The van der Waals surface area contributed by atoms with Gasteiger partial charge in [-0.15, -0.1) is 0 Å². The van der Waals surface area contributed by atoms with Crippen molar-refractivity contribution in [2.75, 3.05) is 0 Å². The molecule has 1 fully saturated rings. The van der Waals surface area contributed by atoms with Crippen molar-refractivity contribution in [2.24, 2.45) is 10.9 Å². The quantitative estimate of drug-likeness (QED) is 0.468. The van der Waals surface area contributed by atoms with Crippen molar-refractivity contribution in [1.29, 1.82) is 0 Å². The number of hydrogen-bond acceptors (Lipinski definition) is 3. The molecule has 1 saturated heterocycles. The second kappa shape index (κ2) is 7.53. The summed E-state index contributed by atoms with van der Waals surface area (Å²) in [7, 11) is -0.414. The number of aliphatic imine (C=N–C) groups is 1. The Labute approximate surface area is 202 Å². The summed E-state index contributed by atoms with van der Waals surface area (Å²) in [6.45, 7) is 8.46. The highest BCUT2D eigenvalue weighted by Crippen LogP contribution is 2.57. The van der Waals surface area contributed by atoms with Crippen LogP contribution in [0.25, 0.3) is 11.1 Å². The number of allylic oxidation sites excluding steroid dienone is 1. The molecule has 0 aromatic heterocycles. The Kier molecular flexibility index (Phi) is 4.78. The smallest absolute Gasteiger partial charge is 0.399 e. The van der Waals surface area contributed by atoms with Gasteiger partial charge >= 0.3 is 7.12 Å². The maximum atomic E-state index is 6.55. The first-order valence-corrected chi connectivity index (χ1v) is 12.2. The molecule has 2 aliphatic heterocycles. The number of benzene rings is 3. The van der Waals surface area contributed by atoms with Gasteiger partial charge in [0.05, 0.1) is 16.6 Å². The van der Waals surface area contributed by atoms with Crippen molar-refractivity contribution in [2.45, 2.75) is 50.7 Å². The van der Waals surface area contributed by atoms with E-state index in [2.05, 4.69) is 112 Å². The molecular weight excluding hydrogens is 417 g/mol. The molecule has 0 saturated carbocycles. The highest BCUT2D eigenvalue weighted by atomic mass is 16.7. The second-order valence-corrected chi connectivity index (χ2v) is 10.6. The van der Waals surface area contributed by atoms with Crippen LogP contribution in [0.5, 0.6) is 0 Å². The molecule has 0 spiro atoms. The lowest BCUT2D eigenvalue weighted by molar-refractivity contribution is 0.00578. The molecule has 4 heteroatoms. The fourth-order valence-electron chi connectivity index (χ4n) is 5.97. The third kappa shape index (κ3) is 2.88. The summed E-state index contributed by atoms with van der Waals surface area (Å²) in [5.41, 5.74) is 6.48. The minimum Gasteiger partial charge on any atom is -0.399 e. The Morgan fingerprint density at radius 1 is 0.794 bits per heavy atom. The van der Waals surface area contributed by atoms with Gasteiger partial charge < -0.3 is 9.31 Å². The van der Waals surface area contributed by atoms with E-state index in [1.807, 2.05) is 12.4 Å². The van der Waals surface area contributed by atoms with E-state index in [0.29, 0.717) is 0 Å². The van der Waals surface area contributed by atoms with Crippen molar-refractivity contribution in [1.82, 2.24) is 0 Å². The summed E-state index contributed by atoms with van der Waals surface area (Å²) in [5.74, 6) is 0.253. The van der Waals surface area contributed by atoms with Gasteiger partial charge in [0.2, 0.25) is 0 Å². The highest BCUT2D eigenvalue weighted by molar-refractivity contribution is 6.64. The van der Waals surface area contributed by atoms with Crippen LogP contribution in [0.3, 0.4) is 0 Å². The van der Waals surface area contributed by atoms with Crippen molar-refractivity contribution in [3.05, 3.63) is 102 Å². The molecule has 3 aliphatic rings. The lowest BCUT2D eigenvalue weighted by Gasteiger charge is -2.39. The Bertz CT molecular complexity index is 1290. The van der Waals surface area contributed by atoms with Crippen molar-refractivity contribution in [3.8, 4) is 11.1 Å². The first kappa shape index (κ1) is 21.6. The average Bonchev–Trinajstić information content (AvgIpc) is 3.27. The predicted octanol–water partition coefficient (Wildman–Crippen LogP) is 5.91. The zero-order valence-corrected chi connectivity index (χ0v) is 20.3. The van der Waals surface area contributed by atoms with Gasteiger partial charge in [-0.25, -0.2) is 0 Å². The molecule has 2 heterocycles. The first-order chi connectivity index (χ1) is 16.4. The molecule has 0 amide bonds. The normalized spacial score (nSPS) is 25.9. The molecule has 3 aromatic carbocycles. The molecule has 2 unspecified atom stereocenters. The van der Waals surface area contributed by atoms with Crippen molar-refractivity contribution < 1.29 is 9.31 Å². The minimum absolute atomic E-state index is 0.253. The van der Waals surface area contributed by atoms with Crippen LogP contribution in [0, 0.1) is 5.92 Å². The van der Waals surface area contributed by atoms with E-state index in [1.54, 1.807) is 0 Å². The maximum absolute atomic E-state index is 6.55. The molecule has 170 valence electrons. The number of rotatable bonds is 3. The monoisotopic (exact) mass is 447 g/mol. The van der Waals surface area contributed by atoms with E-state index in [-0.39, 0.29) is 11.3 Å². The van der Waals surface area contributed by atoms with Crippen molar-refractivity contribution in [3.63, 3.8) is 0 Å². The number of hydrogen-bond donors (Lipinski definition) is 0. The van der Waals surface area contributed by atoms with Crippen LogP contribution in [0.4, 0.5) is 0 Å². The zero-order chi connectivity index (χ0) is 23.6. The van der Waals surface area contributed by atoms with Crippen LogP contribution in [0.15, 0.2) is 90.1 Å². The van der Waals surface area contributed by atoms with E-state index in [1.165, 1.54) is 27.8 Å². The van der Waals surface area contributed by atoms with Gasteiger partial charge in [0.25, 0.3) is 0 Å². The fraction of sp³-hybridized carbons (Fsp3) is 0.300. The predicted molar refractivity (Wildman–Crippen MR) is 140 cm³/mol. The maximum Gasteiger partial charge on any atom is 0.495 e. The van der Waals surface area contributed by atoms with Gasteiger partial charge in [-0.2, -0.15) is 0 Å². The summed E-state index contributed by atoms with van der Waals surface area (Å²) in [6, 6.07) is 26.5. The summed E-state index contributed by atoms with van der Waals surface area (Å²) in [6.07, 6.45) is 7.17.